The first-order valence-electron chi connectivity index (χ1n) is 8.30. The highest BCUT2D eigenvalue weighted by Crippen LogP contribution is 2.47. The first-order valence-corrected chi connectivity index (χ1v) is 8.67. The molecule has 1 saturated carbocycles. The minimum atomic E-state index is 0.290. The van der Waals surface area contributed by atoms with E-state index in [-0.39, 0.29) is 5.41 Å². The third-order valence-corrected chi connectivity index (χ3v) is 5.16. The molecular formula is C17H30ClN3. The van der Waals surface area contributed by atoms with Gasteiger partial charge in [0, 0.05) is 13.1 Å². The Kier molecular flexibility index (Phi) is 5.37. The quantitative estimate of drug-likeness (QED) is 0.784. The maximum Gasteiger partial charge on any atom is 0.0847 e. The first kappa shape index (κ1) is 16.8. The molecule has 0 spiro atoms. The van der Waals surface area contributed by atoms with E-state index >= 15 is 0 Å². The summed E-state index contributed by atoms with van der Waals surface area (Å²) in [6, 6.07) is 0. The van der Waals surface area contributed by atoms with Gasteiger partial charge in [0.05, 0.1) is 16.4 Å². The van der Waals surface area contributed by atoms with E-state index in [1.165, 1.54) is 18.5 Å². The lowest BCUT2D eigenvalue weighted by atomic mass is 9.80. The molecule has 0 amide bonds. The van der Waals surface area contributed by atoms with E-state index in [9.17, 15) is 0 Å². The molecule has 1 N–H and O–H groups in total. The van der Waals surface area contributed by atoms with Crippen LogP contribution in [0, 0.1) is 24.2 Å². The van der Waals surface area contributed by atoms with E-state index in [1.807, 2.05) is 6.92 Å². The summed E-state index contributed by atoms with van der Waals surface area (Å²) in [7, 11) is 0. The van der Waals surface area contributed by atoms with E-state index in [0.717, 1.165) is 42.7 Å². The van der Waals surface area contributed by atoms with Crippen molar-refractivity contribution in [1.82, 2.24) is 15.1 Å². The Labute approximate surface area is 134 Å². The van der Waals surface area contributed by atoms with Crippen LogP contribution >= 0.6 is 11.6 Å². The maximum atomic E-state index is 6.50. The predicted molar refractivity (Wildman–Crippen MR) is 89.9 cm³/mol. The summed E-state index contributed by atoms with van der Waals surface area (Å²) in [5, 5.41) is 9.09. The second-order valence-electron chi connectivity index (χ2n) is 7.29. The van der Waals surface area contributed by atoms with Crippen molar-refractivity contribution >= 4 is 11.6 Å². The van der Waals surface area contributed by atoms with Gasteiger partial charge in [0.2, 0.25) is 0 Å². The fraction of sp³-hybridized carbons (Fsp3) is 0.824. The van der Waals surface area contributed by atoms with E-state index < -0.39 is 0 Å². The normalized spacial score (nSPS) is 18.2. The van der Waals surface area contributed by atoms with Crippen LogP contribution in [-0.2, 0) is 13.0 Å². The monoisotopic (exact) mass is 311 g/mol. The summed E-state index contributed by atoms with van der Waals surface area (Å²) in [5.41, 5.74) is 2.47. The van der Waals surface area contributed by atoms with Gasteiger partial charge in [0.1, 0.15) is 0 Å². The van der Waals surface area contributed by atoms with Gasteiger partial charge >= 0.3 is 0 Å². The van der Waals surface area contributed by atoms with Gasteiger partial charge in [-0.15, -0.1) is 0 Å². The smallest absolute Gasteiger partial charge is 0.0847 e. The average Bonchev–Trinajstić information content (AvgIpc) is 3.22. The Morgan fingerprint density at radius 2 is 2.10 bits per heavy atom. The Balaban J connectivity index is 2.12. The minimum absolute atomic E-state index is 0.290. The molecule has 1 aliphatic rings. The molecule has 1 heterocycles. The lowest BCUT2D eigenvalue weighted by Crippen LogP contribution is -2.37. The standard InChI is InChI=1S/C17H30ClN3/c1-6-21-15(16(18)13(4)20-21)9-17(5,14-7-8-14)11-19-10-12(2)3/h12,14,19H,6-11H2,1-5H3. The van der Waals surface area contributed by atoms with E-state index in [4.69, 9.17) is 11.6 Å². The van der Waals surface area contributed by atoms with Crippen molar-refractivity contribution < 1.29 is 0 Å². The van der Waals surface area contributed by atoms with E-state index in [0.29, 0.717) is 5.92 Å². The fourth-order valence-corrected chi connectivity index (χ4v) is 3.40. The molecule has 1 aromatic rings. The SMILES string of the molecule is CCn1nc(C)c(Cl)c1CC(C)(CNCC(C)C)C1CC1. The highest BCUT2D eigenvalue weighted by Gasteiger charge is 2.42. The first-order chi connectivity index (χ1) is 9.87. The molecule has 3 nitrogen and oxygen atoms in total. The third kappa shape index (κ3) is 4.01. The molecule has 120 valence electrons. The van der Waals surface area contributed by atoms with Gasteiger partial charge in [-0.05, 0) is 56.9 Å². The summed E-state index contributed by atoms with van der Waals surface area (Å²) in [6.07, 6.45) is 3.74. The van der Waals surface area contributed by atoms with Gasteiger partial charge in [-0.2, -0.15) is 5.10 Å². The van der Waals surface area contributed by atoms with Crippen molar-refractivity contribution in [1.29, 1.82) is 0 Å². The lowest BCUT2D eigenvalue weighted by Gasteiger charge is -2.31. The summed E-state index contributed by atoms with van der Waals surface area (Å²) in [5.74, 6) is 1.52. The summed E-state index contributed by atoms with van der Waals surface area (Å²) >= 11 is 6.50. The zero-order chi connectivity index (χ0) is 15.6. The van der Waals surface area contributed by atoms with Crippen molar-refractivity contribution in [2.75, 3.05) is 13.1 Å². The molecule has 0 radical (unpaired) electrons. The maximum absolute atomic E-state index is 6.50. The van der Waals surface area contributed by atoms with Gasteiger partial charge in [-0.25, -0.2) is 0 Å². The van der Waals surface area contributed by atoms with Crippen LogP contribution in [0.4, 0.5) is 0 Å². The van der Waals surface area contributed by atoms with Crippen LogP contribution in [0.3, 0.4) is 0 Å². The van der Waals surface area contributed by atoms with Crippen molar-refractivity contribution in [2.24, 2.45) is 17.3 Å². The molecule has 1 fully saturated rings. The summed E-state index contributed by atoms with van der Waals surface area (Å²) in [6.45, 7) is 14.1. The zero-order valence-electron chi connectivity index (χ0n) is 14.2. The number of aryl methyl sites for hydroxylation is 2. The van der Waals surface area contributed by atoms with Crippen LogP contribution in [0.1, 0.15) is 51.9 Å². The lowest BCUT2D eigenvalue weighted by molar-refractivity contribution is 0.246. The highest BCUT2D eigenvalue weighted by molar-refractivity contribution is 6.31. The Bertz CT molecular complexity index is 477. The largest absolute Gasteiger partial charge is 0.316 e. The van der Waals surface area contributed by atoms with Gasteiger partial charge in [0.15, 0.2) is 0 Å². The number of nitrogens with zero attached hydrogens (tertiary/aromatic N) is 2. The van der Waals surface area contributed by atoms with Crippen LogP contribution in [0.2, 0.25) is 5.02 Å². The molecule has 1 unspecified atom stereocenters. The van der Waals surface area contributed by atoms with Gasteiger partial charge < -0.3 is 5.32 Å². The third-order valence-electron chi connectivity index (χ3n) is 4.67. The minimum Gasteiger partial charge on any atom is -0.316 e. The molecule has 0 aliphatic heterocycles. The van der Waals surface area contributed by atoms with Crippen molar-refractivity contribution in [3.05, 3.63) is 16.4 Å². The van der Waals surface area contributed by atoms with Crippen LogP contribution in [-0.4, -0.2) is 22.9 Å². The second-order valence-corrected chi connectivity index (χ2v) is 7.67. The molecular weight excluding hydrogens is 282 g/mol. The number of halogens is 1. The van der Waals surface area contributed by atoms with Crippen LogP contribution in [0.5, 0.6) is 0 Å². The van der Waals surface area contributed by atoms with Gasteiger partial charge in [-0.3, -0.25) is 4.68 Å². The predicted octanol–water partition coefficient (Wildman–Crippen LogP) is 4.07. The zero-order valence-corrected chi connectivity index (χ0v) is 14.9. The van der Waals surface area contributed by atoms with Crippen molar-refractivity contribution in [3.8, 4) is 0 Å². The summed E-state index contributed by atoms with van der Waals surface area (Å²) in [4.78, 5) is 0. The molecule has 0 aromatic carbocycles. The van der Waals surface area contributed by atoms with Crippen LogP contribution in [0.25, 0.3) is 0 Å². The Morgan fingerprint density at radius 1 is 1.43 bits per heavy atom. The molecule has 21 heavy (non-hydrogen) atoms. The number of hydrogen-bond donors (Lipinski definition) is 1. The second kappa shape index (κ2) is 6.70. The van der Waals surface area contributed by atoms with Gasteiger partial charge in [0.25, 0.3) is 0 Å². The Hall–Kier alpha value is -0.540. The molecule has 1 aliphatic carbocycles. The van der Waals surface area contributed by atoms with Crippen molar-refractivity contribution in [2.45, 2.75) is 60.4 Å². The molecule has 1 atom stereocenters. The fourth-order valence-electron chi connectivity index (χ4n) is 3.20. The topological polar surface area (TPSA) is 29.9 Å². The molecule has 0 saturated heterocycles. The van der Waals surface area contributed by atoms with E-state index in [1.54, 1.807) is 0 Å². The van der Waals surface area contributed by atoms with Crippen LogP contribution < -0.4 is 5.32 Å². The molecule has 4 heteroatoms. The van der Waals surface area contributed by atoms with Gasteiger partial charge in [-0.1, -0.05) is 32.4 Å². The van der Waals surface area contributed by atoms with Crippen LogP contribution in [0.15, 0.2) is 0 Å². The number of aromatic nitrogens is 2. The number of nitrogens with one attached hydrogen (secondary N) is 1. The highest BCUT2D eigenvalue weighted by atomic mass is 35.5. The average molecular weight is 312 g/mol. The van der Waals surface area contributed by atoms with Crippen molar-refractivity contribution in [3.63, 3.8) is 0 Å². The Morgan fingerprint density at radius 3 is 2.62 bits per heavy atom. The summed E-state index contributed by atoms with van der Waals surface area (Å²) < 4.78 is 2.08. The molecule has 0 bridgehead atoms. The molecule has 2 rings (SSSR count). The van der Waals surface area contributed by atoms with E-state index in [2.05, 4.69) is 42.8 Å². The molecule has 1 aromatic heterocycles. The number of rotatable bonds is 8. The number of hydrogen-bond acceptors (Lipinski definition) is 2.